The smallest absolute Gasteiger partial charge is 0.250 e. The van der Waals surface area contributed by atoms with Gasteiger partial charge in [0.15, 0.2) is 5.16 Å². The number of nitrogens with one attached hydrogen (secondary N) is 1. The van der Waals surface area contributed by atoms with Gasteiger partial charge in [0, 0.05) is 11.5 Å². The summed E-state index contributed by atoms with van der Waals surface area (Å²) in [7, 11) is 1.95. The van der Waals surface area contributed by atoms with E-state index in [1.165, 1.54) is 11.8 Å². The summed E-state index contributed by atoms with van der Waals surface area (Å²) in [6, 6.07) is 15.6. The summed E-state index contributed by atoms with van der Waals surface area (Å²) in [4.78, 5) is 16.4. The first-order chi connectivity index (χ1) is 11.6. The van der Waals surface area contributed by atoms with Gasteiger partial charge in [-0.1, -0.05) is 52.0 Å². The minimum atomic E-state index is -0.166. The minimum Gasteiger partial charge on any atom is -0.322 e. The zero-order valence-electron chi connectivity index (χ0n) is 12.9. The second-order valence-electron chi connectivity index (χ2n) is 5.08. The van der Waals surface area contributed by atoms with Crippen molar-refractivity contribution >= 4 is 50.8 Å². The fraction of sp³-hybridized carbons (Fsp3) is 0.118. The predicted octanol–water partition coefficient (Wildman–Crippen LogP) is 3.58. The molecule has 0 unspecified atom stereocenters. The van der Waals surface area contributed by atoms with Crippen LogP contribution in [0, 0.1) is 0 Å². The molecule has 0 aliphatic carbocycles. The van der Waals surface area contributed by atoms with E-state index in [1.54, 1.807) is 6.21 Å². The zero-order chi connectivity index (χ0) is 16.9. The molecule has 0 saturated heterocycles. The molecule has 0 aliphatic heterocycles. The minimum absolute atomic E-state index is 0.166. The lowest BCUT2D eigenvalue weighted by molar-refractivity contribution is -0.118. The van der Waals surface area contributed by atoms with Gasteiger partial charge >= 0.3 is 0 Å². The summed E-state index contributed by atoms with van der Waals surface area (Å²) in [5.74, 6) is 0.0925. The van der Waals surface area contributed by atoms with Crippen molar-refractivity contribution in [3.05, 3.63) is 58.6 Å². The normalized spacial score (nSPS) is 11.2. The average molecular weight is 403 g/mol. The van der Waals surface area contributed by atoms with E-state index < -0.39 is 0 Å². The van der Waals surface area contributed by atoms with Crippen molar-refractivity contribution in [3.63, 3.8) is 0 Å². The Labute approximate surface area is 152 Å². The fourth-order valence-corrected chi connectivity index (χ4v) is 3.19. The Morgan fingerprint density at radius 2 is 2.04 bits per heavy atom. The first kappa shape index (κ1) is 16.7. The van der Waals surface area contributed by atoms with Gasteiger partial charge in [0.25, 0.3) is 5.91 Å². The molecular formula is C17H15BrN4OS. The molecule has 0 radical (unpaired) electrons. The summed E-state index contributed by atoms with van der Waals surface area (Å²) >= 11 is 4.76. The number of para-hydroxylation sites is 2. The SMILES string of the molecule is Cn1c(SCC(=O)NN=Cc2ccc(Br)cc2)nc2ccccc21. The van der Waals surface area contributed by atoms with E-state index in [-0.39, 0.29) is 11.7 Å². The number of hydrogen-bond acceptors (Lipinski definition) is 4. The van der Waals surface area contributed by atoms with Crippen LogP contribution in [0.3, 0.4) is 0 Å². The Morgan fingerprint density at radius 1 is 1.29 bits per heavy atom. The molecule has 0 bridgehead atoms. The van der Waals surface area contributed by atoms with E-state index in [9.17, 15) is 4.79 Å². The van der Waals surface area contributed by atoms with Gasteiger partial charge in [-0.2, -0.15) is 5.10 Å². The number of carbonyl (C=O) groups excluding carboxylic acids is 1. The Hall–Kier alpha value is -2.12. The molecule has 1 N–H and O–H groups in total. The molecule has 122 valence electrons. The Morgan fingerprint density at radius 3 is 2.79 bits per heavy atom. The van der Waals surface area contributed by atoms with Gasteiger partial charge in [0.05, 0.1) is 23.0 Å². The van der Waals surface area contributed by atoms with Gasteiger partial charge < -0.3 is 4.57 Å². The molecule has 0 aliphatic rings. The van der Waals surface area contributed by atoms with Crippen LogP contribution in [0.25, 0.3) is 11.0 Å². The lowest BCUT2D eigenvalue weighted by Gasteiger charge is -2.01. The third-order valence-corrected chi connectivity index (χ3v) is 4.91. The molecule has 0 saturated carbocycles. The number of hydrogen-bond donors (Lipinski definition) is 1. The number of benzene rings is 2. The highest BCUT2D eigenvalue weighted by Crippen LogP contribution is 2.22. The molecule has 1 heterocycles. The lowest BCUT2D eigenvalue weighted by atomic mass is 10.2. The molecular weight excluding hydrogens is 388 g/mol. The Kier molecular flexibility index (Phi) is 5.32. The maximum Gasteiger partial charge on any atom is 0.250 e. The van der Waals surface area contributed by atoms with Crippen LogP contribution < -0.4 is 5.43 Å². The third-order valence-electron chi connectivity index (χ3n) is 3.35. The van der Waals surface area contributed by atoms with Gasteiger partial charge in [-0.3, -0.25) is 4.79 Å². The van der Waals surface area contributed by atoms with Gasteiger partial charge in [-0.15, -0.1) is 0 Å². The number of thioether (sulfide) groups is 1. The van der Waals surface area contributed by atoms with Crippen LogP contribution in [0.15, 0.2) is 63.3 Å². The van der Waals surface area contributed by atoms with Gasteiger partial charge in [-0.25, -0.2) is 10.4 Å². The van der Waals surface area contributed by atoms with Crippen molar-refractivity contribution in [1.82, 2.24) is 15.0 Å². The molecule has 3 rings (SSSR count). The van der Waals surface area contributed by atoms with Crippen molar-refractivity contribution < 1.29 is 4.79 Å². The number of amides is 1. The Balaban J connectivity index is 1.55. The quantitative estimate of drug-likeness (QED) is 0.403. The number of aromatic nitrogens is 2. The molecule has 3 aromatic rings. The van der Waals surface area contributed by atoms with E-state index in [2.05, 4.69) is 31.4 Å². The van der Waals surface area contributed by atoms with Crippen LogP contribution in [-0.2, 0) is 11.8 Å². The van der Waals surface area contributed by atoms with E-state index in [0.29, 0.717) is 0 Å². The van der Waals surface area contributed by atoms with Crippen LogP contribution >= 0.6 is 27.7 Å². The number of fused-ring (bicyclic) bond motifs is 1. The first-order valence-corrected chi connectivity index (χ1v) is 9.03. The van der Waals surface area contributed by atoms with Crippen LogP contribution in [0.1, 0.15) is 5.56 Å². The maximum absolute atomic E-state index is 11.9. The second kappa shape index (κ2) is 7.63. The zero-order valence-corrected chi connectivity index (χ0v) is 15.3. The summed E-state index contributed by atoms with van der Waals surface area (Å²) in [6.07, 6.45) is 1.62. The summed E-state index contributed by atoms with van der Waals surface area (Å²) in [6.45, 7) is 0. The van der Waals surface area contributed by atoms with Crippen LogP contribution in [0.4, 0.5) is 0 Å². The highest BCUT2D eigenvalue weighted by molar-refractivity contribution is 9.10. The van der Waals surface area contributed by atoms with Crippen molar-refractivity contribution in [1.29, 1.82) is 0 Å². The molecule has 1 amide bonds. The van der Waals surface area contributed by atoms with Gasteiger partial charge in [-0.05, 0) is 29.8 Å². The highest BCUT2D eigenvalue weighted by atomic mass is 79.9. The van der Waals surface area contributed by atoms with Crippen molar-refractivity contribution in [3.8, 4) is 0 Å². The number of rotatable bonds is 5. The largest absolute Gasteiger partial charge is 0.322 e. The molecule has 0 spiro atoms. The van der Waals surface area contributed by atoms with Crippen molar-refractivity contribution in [2.75, 3.05) is 5.75 Å². The van der Waals surface area contributed by atoms with Crippen LogP contribution in [0.2, 0.25) is 0 Å². The van der Waals surface area contributed by atoms with Gasteiger partial charge in [0.2, 0.25) is 0 Å². The van der Waals surface area contributed by atoms with Crippen LogP contribution in [0.5, 0.6) is 0 Å². The summed E-state index contributed by atoms with van der Waals surface area (Å²) < 4.78 is 2.99. The number of halogens is 1. The van der Waals surface area contributed by atoms with E-state index >= 15 is 0 Å². The molecule has 5 nitrogen and oxygen atoms in total. The monoisotopic (exact) mass is 402 g/mol. The van der Waals surface area contributed by atoms with Crippen molar-refractivity contribution in [2.24, 2.45) is 12.1 Å². The first-order valence-electron chi connectivity index (χ1n) is 7.25. The summed E-state index contributed by atoms with van der Waals surface area (Å²) in [5, 5.41) is 4.78. The number of carbonyl (C=O) groups is 1. The highest BCUT2D eigenvalue weighted by Gasteiger charge is 2.09. The standard InChI is InChI=1S/C17H15BrN4OS/c1-22-15-5-3-2-4-14(15)20-17(22)24-11-16(23)21-19-10-12-6-8-13(18)9-7-12/h2-10H,11H2,1H3,(H,21,23). The van der Waals surface area contributed by atoms with Gasteiger partial charge in [0.1, 0.15) is 0 Å². The topological polar surface area (TPSA) is 59.3 Å². The van der Waals surface area contributed by atoms with E-state index in [1.807, 2.05) is 60.1 Å². The van der Waals surface area contributed by atoms with Crippen molar-refractivity contribution in [2.45, 2.75) is 5.16 Å². The maximum atomic E-state index is 11.9. The molecule has 1 aromatic heterocycles. The average Bonchev–Trinajstić information content (AvgIpc) is 2.91. The number of imidazole rings is 1. The fourth-order valence-electron chi connectivity index (χ4n) is 2.14. The molecule has 2 aromatic carbocycles. The lowest BCUT2D eigenvalue weighted by Crippen LogP contribution is -2.19. The van der Waals surface area contributed by atoms with E-state index in [4.69, 9.17) is 0 Å². The number of nitrogens with zero attached hydrogens (tertiary/aromatic N) is 3. The molecule has 0 fully saturated rings. The second-order valence-corrected chi connectivity index (χ2v) is 6.93. The van der Waals surface area contributed by atoms with Crippen LogP contribution in [-0.4, -0.2) is 27.4 Å². The Bertz CT molecular complexity index is 889. The number of aryl methyl sites for hydroxylation is 1. The molecule has 0 atom stereocenters. The molecule has 7 heteroatoms. The third kappa shape index (κ3) is 4.04. The van der Waals surface area contributed by atoms with E-state index in [0.717, 1.165) is 26.2 Å². The molecule has 24 heavy (non-hydrogen) atoms. The number of hydrazone groups is 1. The predicted molar refractivity (Wildman–Crippen MR) is 101 cm³/mol. The summed E-state index contributed by atoms with van der Waals surface area (Å²) in [5.41, 5.74) is 5.42.